The van der Waals surface area contributed by atoms with E-state index in [0.29, 0.717) is 32.3 Å². The summed E-state index contributed by atoms with van der Waals surface area (Å²) in [6.07, 6.45) is 4.92. The molecule has 0 spiro atoms. The Hall–Kier alpha value is -2.97. The number of hydrogen-bond donors (Lipinski definition) is 2. The number of hydrogen-bond acceptors (Lipinski definition) is 9. The lowest BCUT2D eigenvalue weighted by Gasteiger charge is -2.53. The minimum absolute atomic E-state index is 0.0554. The molecule has 288 valence electrons. The summed E-state index contributed by atoms with van der Waals surface area (Å²) in [6, 6.07) is 1.89. The normalized spacial score (nSPS) is 19.9. The number of rotatable bonds is 19. The Labute approximate surface area is 309 Å². The number of esters is 3. The van der Waals surface area contributed by atoms with Crippen LogP contribution in [0.3, 0.4) is 0 Å². The molecule has 1 fully saturated rings. The molecule has 1 aliphatic rings. The zero-order chi connectivity index (χ0) is 39.8. The van der Waals surface area contributed by atoms with Crippen molar-refractivity contribution in [3.63, 3.8) is 0 Å². The van der Waals surface area contributed by atoms with Crippen molar-refractivity contribution in [1.82, 2.24) is 5.32 Å². The summed E-state index contributed by atoms with van der Waals surface area (Å²) in [5.41, 5.74) is 4.54. The summed E-state index contributed by atoms with van der Waals surface area (Å²) < 4.78 is 18.0. The van der Waals surface area contributed by atoms with E-state index in [1.807, 2.05) is 42.5 Å². The number of carbonyl (C=O) groups excluding carboxylic acids is 4. The van der Waals surface area contributed by atoms with Gasteiger partial charge >= 0.3 is 17.9 Å². The van der Waals surface area contributed by atoms with Crippen LogP contribution in [0.4, 0.5) is 0 Å². The molecule has 0 radical (unpaired) electrons. The van der Waals surface area contributed by atoms with Crippen LogP contribution in [0.15, 0.2) is 24.3 Å². The average molecular weight is 714 g/mol. The molecule has 1 amide bonds. The van der Waals surface area contributed by atoms with Crippen molar-refractivity contribution in [2.24, 2.45) is 33.3 Å². The fourth-order valence-corrected chi connectivity index (χ4v) is 6.37. The number of amides is 1. The van der Waals surface area contributed by atoms with Gasteiger partial charge in [-0.2, -0.15) is 5.26 Å². The van der Waals surface area contributed by atoms with Crippen molar-refractivity contribution in [1.29, 1.82) is 5.26 Å². The monoisotopic (exact) mass is 714 g/mol. The molecule has 0 aliphatic carbocycles. The van der Waals surface area contributed by atoms with Gasteiger partial charge in [-0.15, -0.1) is 0 Å². The van der Waals surface area contributed by atoms with Crippen LogP contribution in [0.5, 0.6) is 0 Å². The van der Waals surface area contributed by atoms with E-state index >= 15 is 0 Å². The van der Waals surface area contributed by atoms with Gasteiger partial charge in [0, 0.05) is 24.1 Å². The second-order valence-corrected chi connectivity index (χ2v) is 18.6. The molecule has 51 heavy (non-hydrogen) atoms. The van der Waals surface area contributed by atoms with Crippen LogP contribution in [0.2, 0.25) is 5.31 Å². The van der Waals surface area contributed by atoms with Gasteiger partial charge < -0.3 is 25.3 Å². The van der Waals surface area contributed by atoms with Crippen LogP contribution in [0.25, 0.3) is 0 Å². The largest absolute Gasteiger partial charge is 0.457 e. The minimum Gasteiger partial charge on any atom is -0.457 e. The minimum atomic E-state index is -1.18. The van der Waals surface area contributed by atoms with E-state index in [4.69, 9.17) is 19.9 Å². The van der Waals surface area contributed by atoms with E-state index in [9.17, 15) is 24.4 Å². The summed E-state index contributed by atoms with van der Waals surface area (Å²) in [4.78, 5) is 51.3. The molecular formula is C40H68BN3O7. The lowest BCUT2D eigenvalue weighted by molar-refractivity contribution is -0.166. The number of ether oxygens (including phenoxy) is 3. The van der Waals surface area contributed by atoms with E-state index in [0.717, 1.165) is 6.42 Å². The first kappa shape index (κ1) is 46.1. The maximum absolute atomic E-state index is 13.8. The first-order chi connectivity index (χ1) is 23.0. The average Bonchev–Trinajstić information content (AvgIpc) is 3.41. The molecular weight excluding hydrogens is 645 g/mol. The van der Waals surface area contributed by atoms with Gasteiger partial charge in [-0.25, -0.2) is 9.59 Å². The molecule has 1 heterocycles. The van der Waals surface area contributed by atoms with Gasteiger partial charge in [0.05, 0.1) is 36.7 Å². The van der Waals surface area contributed by atoms with Gasteiger partial charge in [0.2, 0.25) is 5.91 Å². The van der Waals surface area contributed by atoms with Crippen molar-refractivity contribution in [3.05, 3.63) is 24.3 Å². The van der Waals surface area contributed by atoms with Crippen molar-refractivity contribution in [2.75, 3.05) is 6.61 Å². The summed E-state index contributed by atoms with van der Waals surface area (Å²) in [5, 5.41) is 11.4. The highest BCUT2D eigenvalue weighted by atomic mass is 16.6. The predicted molar refractivity (Wildman–Crippen MR) is 204 cm³/mol. The Morgan fingerprint density at radius 2 is 1.61 bits per heavy atom. The number of carbonyl (C=O) groups is 4. The molecule has 3 N–H and O–H groups in total. The Morgan fingerprint density at radius 3 is 2.08 bits per heavy atom. The summed E-state index contributed by atoms with van der Waals surface area (Å²) in [6.45, 7) is 30.4. The van der Waals surface area contributed by atoms with Crippen LogP contribution < -0.4 is 11.1 Å². The van der Waals surface area contributed by atoms with E-state index in [-0.39, 0.29) is 41.9 Å². The molecule has 11 heteroatoms. The lowest BCUT2D eigenvalue weighted by Crippen LogP contribution is -2.62. The maximum Gasteiger partial charge on any atom is 0.338 e. The molecule has 0 aromatic heterocycles. The molecule has 10 nitrogen and oxygen atoms in total. The molecule has 0 aromatic carbocycles. The summed E-state index contributed by atoms with van der Waals surface area (Å²) in [7, 11) is 1.96. The molecule has 6 unspecified atom stereocenters. The third-order valence-electron chi connectivity index (χ3n) is 11.8. The topological polar surface area (TPSA) is 158 Å². The molecule has 1 rings (SSSR count). The molecule has 0 aromatic rings. The Morgan fingerprint density at radius 1 is 1.02 bits per heavy atom. The molecule has 1 aliphatic heterocycles. The Balaban J connectivity index is 3.55. The van der Waals surface area contributed by atoms with Gasteiger partial charge in [0.15, 0.2) is 0 Å². The first-order valence-electron chi connectivity index (χ1n) is 18.4. The van der Waals surface area contributed by atoms with Crippen molar-refractivity contribution in [2.45, 2.75) is 164 Å². The number of nitrogens with one attached hydrogen (secondary N) is 1. The molecule has 6 atom stereocenters. The van der Waals surface area contributed by atoms with Gasteiger partial charge in [-0.1, -0.05) is 95.2 Å². The van der Waals surface area contributed by atoms with E-state index in [1.165, 1.54) is 6.08 Å². The molecule has 0 saturated carbocycles. The molecule has 0 bridgehead atoms. The SMILES string of the molecule is BC(C)(CC)C(CC(C)(C)C(C)(N)C(CC(C)(C)C(C)(C)C(CC(C)(C)C)OCCC#N)OC(=O)C(=C)C)C(=O)OC(=O)/C=C/C1CCC(=O)N1. The fraction of sp³-hybridized carbons (Fsp3) is 0.775. The standard InChI is InChI=1S/C40H68BN3O7/c1-15-39(13,41)28(34(48)51-32(46)20-18-27-17-19-31(45)44-27)23-37(9,10)40(14,43)30(50-33(47)26(2)3)25-36(7,8)38(11,12)29(24-35(4,5)6)49-22-16-21-42/h18,20,27-30H,2,15-17,19,22-25,41,43H2,1,3-14H3,(H,44,45)/b20-18+. The van der Waals surface area contributed by atoms with Crippen molar-refractivity contribution in [3.8, 4) is 6.07 Å². The van der Waals surface area contributed by atoms with Crippen LogP contribution in [-0.4, -0.2) is 62.1 Å². The second kappa shape index (κ2) is 17.7. The summed E-state index contributed by atoms with van der Waals surface area (Å²) in [5.74, 6) is -2.83. The van der Waals surface area contributed by atoms with Gasteiger partial charge in [-0.3, -0.25) is 9.59 Å². The third kappa shape index (κ3) is 12.9. The maximum atomic E-state index is 13.8. The van der Waals surface area contributed by atoms with Gasteiger partial charge in [-0.05, 0) is 66.5 Å². The van der Waals surface area contributed by atoms with E-state index in [2.05, 4.69) is 66.4 Å². The Bertz CT molecular complexity index is 1330. The second-order valence-electron chi connectivity index (χ2n) is 18.6. The van der Waals surface area contributed by atoms with Crippen molar-refractivity contribution < 1.29 is 33.4 Å². The van der Waals surface area contributed by atoms with Crippen molar-refractivity contribution >= 4 is 31.7 Å². The fourth-order valence-electron chi connectivity index (χ4n) is 6.37. The Kier molecular flexibility index (Phi) is 16.0. The predicted octanol–water partition coefficient (Wildman–Crippen LogP) is 6.53. The highest BCUT2D eigenvalue weighted by molar-refractivity contribution is 6.17. The number of nitrogens with two attached hydrogens (primary N) is 1. The number of nitriles is 1. The zero-order valence-electron chi connectivity index (χ0n) is 34.2. The zero-order valence-corrected chi connectivity index (χ0v) is 34.2. The van der Waals surface area contributed by atoms with Crippen LogP contribution in [-0.2, 0) is 33.4 Å². The molecule has 1 saturated heterocycles. The quantitative estimate of drug-likeness (QED) is 0.0499. The first-order valence-corrected chi connectivity index (χ1v) is 18.4. The highest BCUT2D eigenvalue weighted by Gasteiger charge is 2.54. The smallest absolute Gasteiger partial charge is 0.338 e. The number of nitrogens with zero attached hydrogens (tertiary/aromatic N) is 1. The van der Waals surface area contributed by atoms with Crippen LogP contribution in [0.1, 0.15) is 135 Å². The van der Waals surface area contributed by atoms with Gasteiger partial charge in [0.1, 0.15) is 14.0 Å². The van der Waals surface area contributed by atoms with E-state index < -0.39 is 57.0 Å². The van der Waals surface area contributed by atoms with Gasteiger partial charge in [0.25, 0.3) is 0 Å². The summed E-state index contributed by atoms with van der Waals surface area (Å²) >= 11 is 0. The van der Waals surface area contributed by atoms with Crippen LogP contribution in [0, 0.1) is 38.9 Å². The lowest BCUT2D eigenvalue weighted by atomic mass is 9.53. The van der Waals surface area contributed by atoms with E-state index in [1.54, 1.807) is 13.0 Å². The van der Waals surface area contributed by atoms with Crippen LogP contribution >= 0.6 is 0 Å². The third-order valence-corrected chi connectivity index (χ3v) is 11.8. The highest BCUT2D eigenvalue weighted by Crippen LogP contribution is 2.52.